The van der Waals surface area contributed by atoms with Crippen LogP contribution in [0.15, 0.2) is 18.2 Å². The molecule has 5 heteroatoms. The van der Waals surface area contributed by atoms with Crippen LogP contribution in [0.3, 0.4) is 0 Å². The number of amides is 1. The van der Waals surface area contributed by atoms with E-state index in [1.807, 2.05) is 12.1 Å². The van der Waals surface area contributed by atoms with Gasteiger partial charge >= 0.3 is 0 Å². The highest BCUT2D eigenvalue weighted by Gasteiger charge is 2.10. The van der Waals surface area contributed by atoms with Crippen LogP contribution in [0.2, 0.25) is 0 Å². The van der Waals surface area contributed by atoms with Gasteiger partial charge < -0.3 is 14.8 Å². The number of nitrogens with zero attached hydrogens (tertiary/aromatic N) is 1. The summed E-state index contributed by atoms with van der Waals surface area (Å²) in [6.07, 6.45) is 0.549. The van der Waals surface area contributed by atoms with Gasteiger partial charge in [0, 0.05) is 6.04 Å². The molecule has 19 heavy (non-hydrogen) atoms. The second-order valence-electron chi connectivity index (χ2n) is 4.20. The Morgan fingerprint density at radius 1 is 1.37 bits per heavy atom. The third kappa shape index (κ3) is 4.51. The van der Waals surface area contributed by atoms with Crippen LogP contribution in [-0.2, 0) is 11.2 Å². The van der Waals surface area contributed by atoms with Crippen LogP contribution in [0.25, 0.3) is 0 Å². The first-order valence-corrected chi connectivity index (χ1v) is 5.98. The minimum atomic E-state index is -0.141. The highest BCUT2D eigenvalue weighted by molar-refractivity contribution is 5.79. The number of hydrogen-bond acceptors (Lipinski definition) is 4. The number of carbonyl (C=O) groups is 1. The predicted octanol–water partition coefficient (Wildman–Crippen LogP) is 1.66. The lowest BCUT2D eigenvalue weighted by molar-refractivity contribution is -0.121. The third-order valence-electron chi connectivity index (χ3n) is 2.62. The fourth-order valence-corrected chi connectivity index (χ4v) is 1.69. The molecule has 0 fully saturated rings. The van der Waals surface area contributed by atoms with Crippen molar-refractivity contribution < 1.29 is 14.3 Å². The maximum Gasteiger partial charge on any atom is 0.224 e. The van der Waals surface area contributed by atoms with E-state index in [1.165, 1.54) is 0 Å². The number of carbonyl (C=O) groups excluding carboxylic acids is 1. The number of methoxy groups -OCH3 is 2. The number of nitrogens with one attached hydrogen (secondary N) is 1. The fourth-order valence-electron chi connectivity index (χ4n) is 1.69. The zero-order valence-corrected chi connectivity index (χ0v) is 11.4. The zero-order valence-electron chi connectivity index (χ0n) is 11.4. The fraction of sp³-hybridized carbons (Fsp3) is 0.429. The highest BCUT2D eigenvalue weighted by atomic mass is 16.5. The number of benzene rings is 1. The van der Waals surface area contributed by atoms with Crippen LogP contribution in [0.5, 0.6) is 11.5 Å². The van der Waals surface area contributed by atoms with Crippen molar-refractivity contribution in [3.63, 3.8) is 0 Å². The molecule has 0 saturated heterocycles. The molecule has 0 aromatic heterocycles. The predicted molar refractivity (Wildman–Crippen MR) is 71.1 cm³/mol. The number of nitriles is 1. The molecule has 1 aromatic rings. The van der Waals surface area contributed by atoms with E-state index in [2.05, 4.69) is 5.32 Å². The molecule has 0 saturated carbocycles. The van der Waals surface area contributed by atoms with Crippen molar-refractivity contribution >= 4 is 5.91 Å². The van der Waals surface area contributed by atoms with E-state index >= 15 is 0 Å². The molecule has 0 aliphatic heterocycles. The van der Waals surface area contributed by atoms with Crippen molar-refractivity contribution in [1.29, 1.82) is 5.26 Å². The molecule has 1 atom stereocenters. The highest BCUT2D eigenvalue weighted by Crippen LogP contribution is 2.27. The molecule has 0 heterocycles. The third-order valence-corrected chi connectivity index (χ3v) is 2.62. The summed E-state index contributed by atoms with van der Waals surface area (Å²) in [4.78, 5) is 11.8. The smallest absolute Gasteiger partial charge is 0.224 e. The summed E-state index contributed by atoms with van der Waals surface area (Å²) in [6, 6.07) is 7.23. The van der Waals surface area contributed by atoms with E-state index in [0.29, 0.717) is 17.9 Å². The molecule has 1 aromatic carbocycles. The molecule has 102 valence electrons. The monoisotopic (exact) mass is 262 g/mol. The number of hydrogen-bond donors (Lipinski definition) is 1. The zero-order chi connectivity index (χ0) is 14.3. The topological polar surface area (TPSA) is 71.3 Å². The Morgan fingerprint density at radius 3 is 2.63 bits per heavy atom. The SMILES string of the molecule is COc1ccc(CC(=O)NC(C)CC#N)cc1OC. The van der Waals surface area contributed by atoms with Gasteiger partial charge in [-0.25, -0.2) is 0 Å². The molecule has 1 unspecified atom stereocenters. The van der Waals surface area contributed by atoms with Gasteiger partial charge in [0.15, 0.2) is 11.5 Å². The first-order chi connectivity index (χ1) is 9.10. The second kappa shape index (κ2) is 7.27. The first-order valence-electron chi connectivity index (χ1n) is 5.98. The van der Waals surface area contributed by atoms with Crippen LogP contribution in [0.1, 0.15) is 18.9 Å². The van der Waals surface area contributed by atoms with Crippen molar-refractivity contribution in [2.24, 2.45) is 0 Å². The first kappa shape index (κ1) is 14.8. The van der Waals surface area contributed by atoms with Crippen LogP contribution in [0, 0.1) is 11.3 Å². The number of ether oxygens (including phenoxy) is 2. The summed E-state index contributed by atoms with van der Waals surface area (Å²) in [5, 5.41) is 11.3. The van der Waals surface area contributed by atoms with E-state index in [4.69, 9.17) is 14.7 Å². The van der Waals surface area contributed by atoms with E-state index in [1.54, 1.807) is 33.3 Å². The number of rotatable bonds is 6. The Kier molecular flexibility index (Phi) is 5.68. The molecular formula is C14H18N2O3. The van der Waals surface area contributed by atoms with Crippen molar-refractivity contribution in [2.45, 2.75) is 25.8 Å². The van der Waals surface area contributed by atoms with Gasteiger partial charge in [0.25, 0.3) is 0 Å². The summed E-state index contributed by atoms with van der Waals surface area (Å²) in [5.41, 5.74) is 0.833. The van der Waals surface area contributed by atoms with Crippen LogP contribution < -0.4 is 14.8 Å². The molecule has 1 rings (SSSR count). The van der Waals surface area contributed by atoms with E-state index < -0.39 is 0 Å². The Bertz CT molecular complexity index is 480. The molecule has 0 aliphatic carbocycles. The summed E-state index contributed by atoms with van der Waals surface area (Å²) < 4.78 is 10.3. The van der Waals surface area contributed by atoms with Gasteiger partial charge in [-0.2, -0.15) is 5.26 Å². The summed E-state index contributed by atoms with van der Waals surface area (Å²) in [6.45, 7) is 1.80. The van der Waals surface area contributed by atoms with Gasteiger partial charge in [-0.3, -0.25) is 4.79 Å². The van der Waals surface area contributed by atoms with E-state index in [9.17, 15) is 4.79 Å². The minimum Gasteiger partial charge on any atom is -0.493 e. The molecule has 1 N–H and O–H groups in total. The van der Waals surface area contributed by atoms with Crippen molar-refractivity contribution in [1.82, 2.24) is 5.32 Å². The normalized spacial score (nSPS) is 11.3. The Morgan fingerprint density at radius 2 is 2.05 bits per heavy atom. The van der Waals surface area contributed by atoms with Gasteiger partial charge in [0.1, 0.15) is 0 Å². The quantitative estimate of drug-likeness (QED) is 0.846. The van der Waals surface area contributed by atoms with E-state index in [-0.39, 0.29) is 18.4 Å². The van der Waals surface area contributed by atoms with Crippen molar-refractivity contribution in [3.05, 3.63) is 23.8 Å². The molecule has 0 spiro atoms. The average molecular weight is 262 g/mol. The molecule has 1 amide bonds. The summed E-state index contributed by atoms with van der Waals surface area (Å²) in [7, 11) is 3.12. The van der Waals surface area contributed by atoms with Gasteiger partial charge in [-0.1, -0.05) is 6.07 Å². The maximum atomic E-state index is 11.8. The van der Waals surface area contributed by atoms with Gasteiger partial charge in [0.05, 0.1) is 33.1 Å². The largest absolute Gasteiger partial charge is 0.493 e. The molecule has 0 bridgehead atoms. The lowest BCUT2D eigenvalue weighted by atomic mass is 10.1. The maximum absolute atomic E-state index is 11.8. The molecule has 0 radical (unpaired) electrons. The molecule has 0 aliphatic rings. The summed E-state index contributed by atoms with van der Waals surface area (Å²) >= 11 is 0. The Balaban J connectivity index is 2.67. The van der Waals surface area contributed by atoms with Gasteiger partial charge in [-0.15, -0.1) is 0 Å². The lowest BCUT2D eigenvalue weighted by Gasteiger charge is -2.12. The van der Waals surface area contributed by atoms with Crippen LogP contribution in [-0.4, -0.2) is 26.2 Å². The van der Waals surface area contributed by atoms with Gasteiger partial charge in [-0.05, 0) is 24.6 Å². The van der Waals surface area contributed by atoms with Gasteiger partial charge in [0.2, 0.25) is 5.91 Å². The van der Waals surface area contributed by atoms with Crippen LogP contribution >= 0.6 is 0 Å². The Labute approximate surface area is 113 Å². The van der Waals surface area contributed by atoms with Crippen molar-refractivity contribution in [2.75, 3.05) is 14.2 Å². The van der Waals surface area contributed by atoms with Crippen LogP contribution in [0.4, 0.5) is 0 Å². The minimum absolute atomic E-state index is 0.116. The summed E-state index contributed by atoms with van der Waals surface area (Å²) in [5.74, 6) is 1.11. The lowest BCUT2D eigenvalue weighted by Crippen LogP contribution is -2.33. The molecule has 5 nitrogen and oxygen atoms in total. The van der Waals surface area contributed by atoms with E-state index in [0.717, 1.165) is 5.56 Å². The Hall–Kier alpha value is -2.22. The molecular weight excluding hydrogens is 244 g/mol. The second-order valence-corrected chi connectivity index (χ2v) is 4.20. The average Bonchev–Trinajstić information content (AvgIpc) is 2.38. The standard InChI is InChI=1S/C14H18N2O3/c1-10(6-7-15)16-14(17)9-11-4-5-12(18-2)13(8-11)19-3/h4-5,8,10H,6,9H2,1-3H3,(H,16,17). The van der Waals surface area contributed by atoms with Crippen molar-refractivity contribution in [3.8, 4) is 17.6 Å².